The molecule has 0 radical (unpaired) electrons. The molecule has 0 spiro atoms. The Kier molecular flexibility index (Phi) is 7.70. The second kappa shape index (κ2) is 11.0. The highest BCUT2D eigenvalue weighted by molar-refractivity contribution is 5.90. The zero-order valence-electron chi connectivity index (χ0n) is 20.9. The van der Waals surface area contributed by atoms with Crippen molar-refractivity contribution in [3.63, 3.8) is 0 Å². The molecule has 0 aliphatic heterocycles. The third-order valence-corrected chi connectivity index (χ3v) is 5.91. The van der Waals surface area contributed by atoms with Crippen molar-refractivity contribution in [3.8, 4) is 28.7 Å². The van der Waals surface area contributed by atoms with Gasteiger partial charge in [-0.1, -0.05) is 19.1 Å². The molecule has 0 saturated heterocycles. The van der Waals surface area contributed by atoms with Crippen molar-refractivity contribution in [1.82, 2.24) is 4.57 Å². The Labute approximate surface area is 216 Å². The van der Waals surface area contributed by atoms with Gasteiger partial charge in [-0.2, -0.15) is 0 Å². The summed E-state index contributed by atoms with van der Waals surface area (Å²) in [5.41, 5.74) is 1.89. The SMILES string of the molecule is CCC(Oc1cccc(Cn2c(C)c(Oc3ccc(OC)cc3)c3ccc(OC(F)(F)F)cc32)c1)C(=O)O. The number of hydrogen-bond acceptors (Lipinski definition) is 5. The third kappa shape index (κ3) is 6.13. The number of alkyl halides is 3. The lowest BCUT2D eigenvalue weighted by Gasteiger charge is -2.15. The minimum atomic E-state index is -4.84. The molecule has 3 aromatic carbocycles. The molecule has 0 aliphatic carbocycles. The molecular weight excluding hydrogens is 503 g/mol. The van der Waals surface area contributed by atoms with Gasteiger partial charge in [0.05, 0.1) is 18.3 Å². The number of benzene rings is 3. The number of fused-ring (bicyclic) bond motifs is 1. The van der Waals surface area contributed by atoms with Gasteiger partial charge in [-0.15, -0.1) is 13.2 Å². The number of methoxy groups -OCH3 is 1. The van der Waals surface area contributed by atoms with Crippen LogP contribution in [-0.2, 0) is 11.3 Å². The summed E-state index contributed by atoms with van der Waals surface area (Å²) in [7, 11) is 1.55. The molecule has 1 aromatic heterocycles. The highest BCUT2D eigenvalue weighted by Crippen LogP contribution is 2.39. The molecule has 4 aromatic rings. The van der Waals surface area contributed by atoms with Crippen LogP contribution in [-0.4, -0.2) is 35.2 Å². The van der Waals surface area contributed by atoms with E-state index in [1.165, 1.54) is 18.2 Å². The molecule has 0 bridgehead atoms. The molecule has 10 heteroatoms. The maximum atomic E-state index is 12.9. The van der Waals surface area contributed by atoms with E-state index in [1.807, 2.05) is 10.6 Å². The Bertz CT molecular complexity index is 1430. The average Bonchev–Trinajstić information content (AvgIpc) is 3.12. The van der Waals surface area contributed by atoms with Gasteiger partial charge in [0, 0.05) is 18.0 Å². The van der Waals surface area contributed by atoms with Gasteiger partial charge >= 0.3 is 12.3 Å². The van der Waals surface area contributed by atoms with E-state index >= 15 is 0 Å². The average molecular weight is 530 g/mol. The van der Waals surface area contributed by atoms with Gasteiger partial charge in [0.15, 0.2) is 11.9 Å². The van der Waals surface area contributed by atoms with Gasteiger partial charge in [-0.25, -0.2) is 4.79 Å². The largest absolute Gasteiger partial charge is 0.573 e. The van der Waals surface area contributed by atoms with Crippen molar-refractivity contribution in [2.24, 2.45) is 0 Å². The number of hydrogen-bond donors (Lipinski definition) is 1. The first kappa shape index (κ1) is 26.7. The number of carbonyl (C=O) groups is 1. The lowest BCUT2D eigenvalue weighted by Crippen LogP contribution is -2.25. The molecule has 1 heterocycles. The van der Waals surface area contributed by atoms with Gasteiger partial charge in [0.1, 0.15) is 23.0 Å². The van der Waals surface area contributed by atoms with Crippen LogP contribution in [0.15, 0.2) is 66.7 Å². The molecule has 4 rings (SSSR count). The van der Waals surface area contributed by atoms with Crippen molar-refractivity contribution < 1.29 is 42.0 Å². The van der Waals surface area contributed by atoms with Crippen LogP contribution in [0, 0.1) is 6.92 Å². The molecule has 7 nitrogen and oxygen atoms in total. The Hall–Kier alpha value is -4.34. The van der Waals surface area contributed by atoms with Crippen LogP contribution in [0.25, 0.3) is 10.9 Å². The first-order valence-corrected chi connectivity index (χ1v) is 11.8. The van der Waals surface area contributed by atoms with Crippen molar-refractivity contribution in [2.75, 3.05) is 7.11 Å². The van der Waals surface area contributed by atoms with E-state index in [0.717, 1.165) is 5.56 Å². The zero-order chi connectivity index (χ0) is 27.4. The molecule has 200 valence electrons. The van der Waals surface area contributed by atoms with Crippen molar-refractivity contribution in [3.05, 3.63) is 78.0 Å². The van der Waals surface area contributed by atoms with Crippen LogP contribution in [0.3, 0.4) is 0 Å². The predicted octanol–water partition coefficient (Wildman–Crippen LogP) is 6.94. The molecule has 0 aliphatic rings. The molecule has 38 heavy (non-hydrogen) atoms. The van der Waals surface area contributed by atoms with Crippen LogP contribution in [0.2, 0.25) is 0 Å². The quantitative estimate of drug-likeness (QED) is 0.240. The molecular formula is C28H26F3NO6. The maximum Gasteiger partial charge on any atom is 0.573 e. The van der Waals surface area contributed by atoms with E-state index in [-0.39, 0.29) is 18.7 Å². The number of aromatic nitrogens is 1. The summed E-state index contributed by atoms with van der Waals surface area (Å²) in [6, 6.07) is 17.9. The molecule has 1 unspecified atom stereocenters. The van der Waals surface area contributed by atoms with E-state index in [9.17, 15) is 23.1 Å². The van der Waals surface area contributed by atoms with E-state index in [1.54, 1.807) is 63.4 Å². The fourth-order valence-corrected chi connectivity index (χ4v) is 4.09. The number of rotatable bonds is 10. The second-order valence-corrected chi connectivity index (χ2v) is 8.51. The summed E-state index contributed by atoms with van der Waals surface area (Å²) in [5, 5.41) is 9.91. The monoisotopic (exact) mass is 529 g/mol. The van der Waals surface area contributed by atoms with Gasteiger partial charge in [0.2, 0.25) is 0 Å². The highest BCUT2D eigenvalue weighted by Gasteiger charge is 2.31. The molecule has 0 saturated carbocycles. The Balaban J connectivity index is 1.74. The van der Waals surface area contributed by atoms with Crippen LogP contribution < -0.4 is 18.9 Å². The summed E-state index contributed by atoms with van der Waals surface area (Å²) in [5.74, 6) is 0.612. The number of ether oxygens (including phenoxy) is 4. The van der Waals surface area contributed by atoms with Gasteiger partial charge < -0.3 is 28.6 Å². The van der Waals surface area contributed by atoms with Crippen LogP contribution in [0.4, 0.5) is 13.2 Å². The highest BCUT2D eigenvalue weighted by atomic mass is 19.4. The molecule has 1 atom stereocenters. The Morgan fingerprint density at radius 3 is 2.29 bits per heavy atom. The van der Waals surface area contributed by atoms with Crippen LogP contribution in [0.1, 0.15) is 24.6 Å². The first-order valence-electron chi connectivity index (χ1n) is 11.8. The minimum absolute atomic E-state index is 0.255. The van der Waals surface area contributed by atoms with Crippen molar-refractivity contribution in [2.45, 2.75) is 39.3 Å². The predicted molar refractivity (Wildman–Crippen MR) is 134 cm³/mol. The maximum absolute atomic E-state index is 12.9. The topological polar surface area (TPSA) is 79.2 Å². The number of halogens is 3. The lowest BCUT2D eigenvalue weighted by molar-refractivity contribution is -0.274. The number of aliphatic carboxylic acids is 1. The van der Waals surface area contributed by atoms with Crippen LogP contribution in [0.5, 0.6) is 28.7 Å². The van der Waals surface area contributed by atoms with Crippen molar-refractivity contribution in [1.29, 1.82) is 0 Å². The van der Waals surface area contributed by atoms with Crippen molar-refractivity contribution >= 4 is 16.9 Å². The normalized spacial score (nSPS) is 12.3. The molecule has 0 amide bonds. The fraction of sp³-hybridized carbons (Fsp3) is 0.250. The van der Waals surface area contributed by atoms with Gasteiger partial charge in [-0.3, -0.25) is 0 Å². The minimum Gasteiger partial charge on any atom is -0.497 e. The van der Waals surface area contributed by atoms with Crippen LogP contribution >= 0.6 is 0 Å². The Morgan fingerprint density at radius 1 is 0.974 bits per heavy atom. The number of carboxylic acid groups (broad SMARTS) is 1. The lowest BCUT2D eigenvalue weighted by atomic mass is 10.2. The number of carboxylic acids is 1. The fourth-order valence-electron chi connectivity index (χ4n) is 4.09. The first-order chi connectivity index (χ1) is 18.1. The van der Waals surface area contributed by atoms with Gasteiger partial charge in [0.25, 0.3) is 0 Å². The smallest absolute Gasteiger partial charge is 0.497 e. The summed E-state index contributed by atoms with van der Waals surface area (Å²) in [6.45, 7) is 3.77. The van der Waals surface area contributed by atoms with Gasteiger partial charge in [-0.05, 0) is 67.4 Å². The van der Waals surface area contributed by atoms with E-state index in [2.05, 4.69) is 4.74 Å². The summed E-state index contributed by atoms with van der Waals surface area (Å²) in [6.07, 6.45) is -5.55. The summed E-state index contributed by atoms with van der Waals surface area (Å²) < 4.78 is 61.7. The summed E-state index contributed by atoms with van der Waals surface area (Å²) in [4.78, 5) is 11.4. The zero-order valence-corrected chi connectivity index (χ0v) is 20.9. The number of nitrogens with zero attached hydrogens (tertiary/aromatic N) is 1. The second-order valence-electron chi connectivity index (χ2n) is 8.51. The Morgan fingerprint density at radius 2 is 1.66 bits per heavy atom. The van der Waals surface area contributed by atoms with E-state index in [4.69, 9.17) is 14.2 Å². The van der Waals surface area contributed by atoms with E-state index in [0.29, 0.717) is 39.6 Å². The molecule has 1 N–H and O–H groups in total. The van der Waals surface area contributed by atoms with E-state index < -0.39 is 18.4 Å². The standard InChI is InChI=1S/C28H26F3NO6/c1-4-25(27(33)34)36-21-7-5-6-18(14-21)16-32-17(2)26(37-20-10-8-19(35-3)9-11-20)23-13-12-22(15-24(23)32)38-28(29,30)31/h5-15,25H,4,16H2,1-3H3,(H,33,34). The molecule has 0 fully saturated rings. The summed E-state index contributed by atoms with van der Waals surface area (Å²) >= 11 is 0. The third-order valence-electron chi connectivity index (χ3n) is 5.91.